The lowest BCUT2D eigenvalue weighted by molar-refractivity contribution is 0.171. The summed E-state index contributed by atoms with van der Waals surface area (Å²) in [5.41, 5.74) is 2.70. The normalized spacial score (nSPS) is 12.0. The summed E-state index contributed by atoms with van der Waals surface area (Å²) in [7, 11) is 0. The second-order valence-corrected chi connectivity index (χ2v) is 5.78. The molecule has 3 rings (SSSR count). The molecule has 0 aliphatic rings. The molecule has 6 nitrogen and oxygen atoms in total. The number of ether oxygens (including phenoxy) is 1. The molecule has 0 amide bonds. The quantitative estimate of drug-likeness (QED) is 0.612. The second-order valence-electron chi connectivity index (χ2n) is 5.17. The van der Waals surface area contributed by atoms with Gasteiger partial charge in [-0.3, -0.25) is 4.98 Å². The van der Waals surface area contributed by atoms with Crippen molar-refractivity contribution < 1.29 is 9.84 Å². The number of nitrogens with zero attached hydrogens (tertiary/aromatic N) is 3. The van der Waals surface area contributed by atoms with E-state index in [9.17, 15) is 5.11 Å². The molecule has 0 fully saturated rings. The molecule has 124 valence electrons. The number of aromatic nitrogens is 3. The fraction of sp³-hybridized carbons (Fsp3) is 0.235. The van der Waals surface area contributed by atoms with Gasteiger partial charge in [0.05, 0.1) is 6.10 Å². The van der Waals surface area contributed by atoms with E-state index >= 15 is 0 Å². The zero-order valence-corrected chi connectivity index (χ0v) is 13.8. The van der Waals surface area contributed by atoms with Gasteiger partial charge in [0, 0.05) is 42.0 Å². The zero-order chi connectivity index (χ0) is 16.6. The summed E-state index contributed by atoms with van der Waals surface area (Å²) in [6.45, 7) is 1.64. The van der Waals surface area contributed by atoms with Crippen LogP contribution in [0.3, 0.4) is 0 Å². The molecule has 2 aromatic heterocycles. The second kappa shape index (κ2) is 8.49. The van der Waals surface area contributed by atoms with Crippen molar-refractivity contribution >= 4 is 11.5 Å². The van der Waals surface area contributed by atoms with Crippen LogP contribution in [-0.2, 0) is 0 Å². The molecule has 0 aliphatic carbocycles. The number of aliphatic hydroxyl groups excluding tert-OH is 1. The molecule has 1 atom stereocenters. The number of rotatable bonds is 8. The molecule has 24 heavy (non-hydrogen) atoms. The minimum Gasteiger partial charge on any atom is -0.492 e. The highest BCUT2D eigenvalue weighted by Gasteiger charge is 2.06. The predicted molar refractivity (Wildman–Crippen MR) is 92.9 cm³/mol. The van der Waals surface area contributed by atoms with Gasteiger partial charge in [-0.25, -0.2) is 0 Å². The largest absolute Gasteiger partial charge is 0.492 e. The van der Waals surface area contributed by atoms with E-state index in [2.05, 4.69) is 19.9 Å². The third-order valence-corrected chi connectivity index (χ3v) is 3.97. The average molecular weight is 342 g/mol. The van der Waals surface area contributed by atoms with Crippen LogP contribution in [0.5, 0.6) is 5.75 Å². The maximum Gasteiger partial charge on any atom is 0.119 e. The maximum atomic E-state index is 10.0. The number of aliphatic hydroxyl groups is 1. The zero-order valence-electron chi connectivity index (χ0n) is 13.0. The minimum atomic E-state index is -0.565. The monoisotopic (exact) mass is 342 g/mol. The summed E-state index contributed by atoms with van der Waals surface area (Å²) in [5, 5.41) is 19.1. The fourth-order valence-corrected chi connectivity index (χ4v) is 2.65. The van der Waals surface area contributed by atoms with Crippen LogP contribution in [0.15, 0.2) is 54.2 Å². The topological polar surface area (TPSA) is 80.2 Å². The summed E-state index contributed by atoms with van der Waals surface area (Å²) < 4.78 is 9.53. The van der Waals surface area contributed by atoms with Gasteiger partial charge in [-0.1, -0.05) is 10.6 Å². The van der Waals surface area contributed by atoms with Crippen molar-refractivity contribution in [2.75, 3.05) is 19.7 Å². The van der Waals surface area contributed by atoms with E-state index in [4.69, 9.17) is 4.74 Å². The van der Waals surface area contributed by atoms with E-state index < -0.39 is 6.10 Å². The highest BCUT2D eigenvalue weighted by Crippen LogP contribution is 2.21. The molecule has 0 spiro atoms. The Balaban J connectivity index is 1.37. The van der Waals surface area contributed by atoms with Crippen LogP contribution >= 0.6 is 11.5 Å². The number of benzene rings is 1. The van der Waals surface area contributed by atoms with Gasteiger partial charge in [-0.05, 0) is 41.9 Å². The SMILES string of the molecule is O[C@@H](CNCCOc1ccc(-c2csnn2)cc1)c1cccnc1. The van der Waals surface area contributed by atoms with Gasteiger partial charge in [0.1, 0.15) is 18.1 Å². The van der Waals surface area contributed by atoms with E-state index in [1.54, 1.807) is 12.4 Å². The first-order chi connectivity index (χ1) is 11.8. The van der Waals surface area contributed by atoms with Crippen LogP contribution < -0.4 is 10.1 Å². The van der Waals surface area contributed by atoms with Crippen molar-refractivity contribution in [3.63, 3.8) is 0 Å². The van der Waals surface area contributed by atoms with Crippen LogP contribution in [0.1, 0.15) is 11.7 Å². The minimum absolute atomic E-state index is 0.463. The Morgan fingerprint density at radius 2 is 2.08 bits per heavy atom. The molecule has 0 radical (unpaired) electrons. The predicted octanol–water partition coefficient (Wildman–Crippen LogP) is 2.30. The molecule has 0 aliphatic heterocycles. The first kappa shape index (κ1) is 16.5. The standard InChI is InChI=1S/C17H18N4O2S/c22-17(14-2-1-7-18-10-14)11-19-8-9-23-15-5-3-13(4-6-15)16-12-24-21-20-16/h1-7,10,12,17,19,22H,8-9,11H2/t17-/m0/s1. The lowest BCUT2D eigenvalue weighted by Gasteiger charge is -2.12. The van der Waals surface area contributed by atoms with Crippen molar-refractivity contribution in [2.45, 2.75) is 6.10 Å². The first-order valence-corrected chi connectivity index (χ1v) is 8.45. The van der Waals surface area contributed by atoms with Crippen molar-refractivity contribution in [3.05, 3.63) is 59.7 Å². The molecule has 0 unspecified atom stereocenters. The van der Waals surface area contributed by atoms with Gasteiger partial charge < -0.3 is 15.2 Å². The molecule has 3 aromatic rings. The van der Waals surface area contributed by atoms with E-state index in [1.807, 2.05) is 41.8 Å². The van der Waals surface area contributed by atoms with E-state index in [-0.39, 0.29) is 0 Å². The summed E-state index contributed by atoms with van der Waals surface area (Å²) in [4.78, 5) is 4.00. The number of hydrogen-bond donors (Lipinski definition) is 2. The lowest BCUT2D eigenvalue weighted by atomic mass is 10.1. The molecule has 0 saturated heterocycles. The average Bonchev–Trinajstić information content (AvgIpc) is 3.17. The highest BCUT2D eigenvalue weighted by atomic mass is 32.1. The van der Waals surface area contributed by atoms with Crippen LogP contribution in [0, 0.1) is 0 Å². The van der Waals surface area contributed by atoms with Crippen LogP contribution in [0.2, 0.25) is 0 Å². The van der Waals surface area contributed by atoms with Gasteiger partial charge in [-0.2, -0.15) is 0 Å². The Bertz CT molecular complexity index is 720. The molecule has 2 N–H and O–H groups in total. The summed E-state index contributed by atoms with van der Waals surface area (Å²) >= 11 is 1.33. The van der Waals surface area contributed by atoms with Crippen molar-refractivity contribution in [3.8, 4) is 17.0 Å². The molecular weight excluding hydrogens is 324 g/mol. The molecule has 7 heteroatoms. The third kappa shape index (κ3) is 4.58. The van der Waals surface area contributed by atoms with Crippen molar-refractivity contribution in [1.82, 2.24) is 19.9 Å². The molecule has 0 bridgehead atoms. The number of nitrogens with one attached hydrogen (secondary N) is 1. The molecular formula is C17H18N4O2S. The van der Waals surface area contributed by atoms with Crippen LogP contribution in [-0.4, -0.2) is 39.4 Å². The Morgan fingerprint density at radius 1 is 1.21 bits per heavy atom. The Labute approximate surface area is 144 Å². The number of pyridine rings is 1. The van der Waals surface area contributed by atoms with Gasteiger partial charge >= 0.3 is 0 Å². The fourth-order valence-electron chi connectivity index (χ4n) is 2.18. The van der Waals surface area contributed by atoms with Crippen LogP contribution in [0.4, 0.5) is 0 Å². The number of hydrogen-bond acceptors (Lipinski definition) is 7. The van der Waals surface area contributed by atoms with Gasteiger partial charge in [-0.15, -0.1) is 5.10 Å². The molecule has 0 saturated carbocycles. The molecule has 2 heterocycles. The summed E-state index contributed by atoms with van der Waals surface area (Å²) in [6, 6.07) is 11.4. The third-order valence-electron chi connectivity index (χ3n) is 3.46. The van der Waals surface area contributed by atoms with E-state index in [1.165, 1.54) is 11.5 Å². The smallest absolute Gasteiger partial charge is 0.119 e. The molecule has 1 aromatic carbocycles. The lowest BCUT2D eigenvalue weighted by Crippen LogP contribution is -2.26. The highest BCUT2D eigenvalue weighted by molar-refractivity contribution is 7.03. The Morgan fingerprint density at radius 3 is 2.79 bits per heavy atom. The maximum absolute atomic E-state index is 10.0. The van der Waals surface area contributed by atoms with E-state index in [0.717, 1.165) is 22.6 Å². The van der Waals surface area contributed by atoms with Gasteiger partial charge in [0.2, 0.25) is 0 Å². The summed E-state index contributed by atoms with van der Waals surface area (Å²) in [5.74, 6) is 0.802. The van der Waals surface area contributed by atoms with E-state index in [0.29, 0.717) is 19.7 Å². The Kier molecular flexibility index (Phi) is 5.84. The first-order valence-electron chi connectivity index (χ1n) is 7.62. The Hall–Kier alpha value is -2.35. The van der Waals surface area contributed by atoms with Crippen LogP contribution in [0.25, 0.3) is 11.3 Å². The van der Waals surface area contributed by atoms with Crippen molar-refractivity contribution in [2.24, 2.45) is 0 Å². The summed E-state index contributed by atoms with van der Waals surface area (Å²) in [6.07, 6.45) is 2.79. The van der Waals surface area contributed by atoms with Gasteiger partial charge in [0.25, 0.3) is 0 Å². The van der Waals surface area contributed by atoms with Gasteiger partial charge in [0.15, 0.2) is 0 Å². The van der Waals surface area contributed by atoms with Crippen molar-refractivity contribution in [1.29, 1.82) is 0 Å².